The third-order valence-corrected chi connectivity index (χ3v) is 5.57. The largest absolute Gasteiger partial charge is 0.279 e. The van der Waals surface area contributed by atoms with E-state index in [9.17, 15) is 4.79 Å². The van der Waals surface area contributed by atoms with Gasteiger partial charge in [0.25, 0.3) is 0 Å². The number of halogens is 3. The second kappa shape index (κ2) is 6.16. The average molecular weight is 404 g/mol. The lowest BCUT2D eigenvalue weighted by Gasteiger charge is -2.24. The molecule has 1 fully saturated rings. The molecule has 0 bridgehead atoms. The van der Waals surface area contributed by atoms with Crippen LogP contribution in [0.5, 0.6) is 0 Å². The van der Waals surface area contributed by atoms with Crippen LogP contribution >= 0.6 is 50.9 Å². The fraction of sp³-hybridized carbons (Fsp3) is 0.143. The summed E-state index contributed by atoms with van der Waals surface area (Å²) in [6.07, 6.45) is 1.67. The van der Waals surface area contributed by atoms with Crippen molar-refractivity contribution < 1.29 is 4.79 Å². The molecule has 1 saturated heterocycles. The summed E-state index contributed by atoms with van der Waals surface area (Å²) in [5, 5.41) is 0.753. The number of pyridine rings is 1. The molecule has 1 aromatic heterocycles. The summed E-state index contributed by atoms with van der Waals surface area (Å²) in [5.74, 6) is 1.01. The molecule has 1 amide bonds. The number of benzene rings is 1. The highest BCUT2D eigenvalue weighted by atomic mass is 79.9. The van der Waals surface area contributed by atoms with Crippen molar-refractivity contribution in [2.45, 2.75) is 5.37 Å². The van der Waals surface area contributed by atoms with Crippen LogP contribution in [0.2, 0.25) is 10.0 Å². The van der Waals surface area contributed by atoms with Gasteiger partial charge in [0.15, 0.2) is 0 Å². The van der Waals surface area contributed by atoms with Crippen LogP contribution in [-0.4, -0.2) is 16.6 Å². The van der Waals surface area contributed by atoms with E-state index in [1.54, 1.807) is 23.2 Å². The van der Waals surface area contributed by atoms with Crippen LogP contribution in [0.25, 0.3) is 0 Å². The third kappa shape index (κ3) is 2.93. The summed E-state index contributed by atoms with van der Waals surface area (Å²) in [5.41, 5.74) is 0.824. The molecule has 1 atom stereocenters. The summed E-state index contributed by atoms with van der Waals surface area (Å²) in [4.78, 5) is 18.2. The van der Waals surface area contributed by atoms with E-state index >= 15 is 0 Å². The SMILES string of the molecule is O=C1CS[C@@H](c2cccc(Cl)c2Cl)N1c1ccc(Br)cn1. The van der Waals surface area contributed by atoms with Crippen molar-refractivity contribution in [3.63, 3.8) is 0 Å². The Hall–Kier alpha value is -0.750. The van der Waals surface area contributed by atoms with Gasteiger partial charge in [-0.3, -0.25) is 9.69 Å². The van der Waals surface area contributed by atoms with Gasteiger partial charge in [0, 0.05) is 16.2 Å². The fourth-order valence-corrected chi connectivity index (χ4v) is 4.02. The standard InChI is InChI=1S/C14H9BrCl2N2OS/c15-8-4-5-11(18-6-8)19-12(20)7-21-14(19)9-2-1-3-10(16)13(9)17/h1-6,14H,7H2/t14-/m0/s1. The summed E-state index contributed by atoms with van der Waals surface area (Å²) >= 11 is 17.2. The van der Waals surface area contributed by atoms with E-state index in [0.29, 0.717) is 21.6 Å². The van der Waals surface area contributed by atoms with E-state index in [2.05, 4.69) is 20.9 Å². The minimum Gasteiger partial charge on any atom is -0.279 e. The van der Waals surface area contributed by atoms with E-state index < -0.39 is 0 Å². The van der Waals surface area contributed by atoms with Gasteiger partial charge in [-0.1, -0.05) is 35.3 Å². The zero-order valence-electron chi connectivity index (χ0n) is 10.6. The van der Waals surface area contributed by atoms with Crippen LogP contribution in [0, 0.1) is 0 Å². The number of thioether (sulfide) groups is 1. The lowest BCUT2D eigenvalue weighted by molar-refractivity contribution is -0.115. The van der Waals surface area contributed by atoms with Gasteiger partial charge >= 0.3 is 0 Å². The first kappa shape index (κ1) is 15.2. The lowest BCUT2D eigenvalue weighted by atomic mass is 10.2. The van der Waals surface area contributed by atoms with Gasteiger partial charge in [0.1, 0.15) is 11.2 Å². The fourth-order valence-electron chi connectivity index (χ4n) is 2.12. The maximum Gasteiger partial charge on any atom is 0.239 e. The quantitative estimate of drug-likeness (QED) is 0.712. The van der Waals surface area contributed by atoms with Crippen molar-refractivity contribution in [1.29, 1.82) is 0 Å². The van der Waals surface area contributed by atoms with Crippen LogP contribution < -0.4 is 4.90 Å². The topological polar surface area (TPSA) is 33.2 Å². The molecule has 2 heterocycles. The van der Waals surface area contributed by atoms with Crippen molar-refractivity contribution in [2.24, 2.45) is 0 Å². The van der Waals surface area contributed by atoms with Crippen molar-refractivity contribution in [3.8, 4) is 0 Å². The van der Waals surface area contributed by atoms with Gasteiger partial charge in [-0.15, -0.1) is 11.8 Å². The molecule has 0 unspecified atom stereocenters. The Bertz CT molecular complexity index is 696. The molecule has 0 saturated carbocycles. The van der Waals surface area contributed by atoms with Crippen molar-refractivity contribution in [1.82, 2.24) is 4.98 Å². The predicted octanol–water partition coefficient (Wildman–Crippen LogP) is 4.93. The number of rotatable bonds is 2. The Balaban J connectivity index is 2.03. The Morgan fingerprint density at radius 3 is 2.81 bits per heavy atom. The minimum atomic E-state index is -0.211. The molecule has 21 heavy (non-hydrogen) atoms. The molecular weight excluding hydrogens is 395 g/mol. The van der Waals surface area contributed by atoms with Gasteiger partial charge in [-0.25, -0.2) is 4.98 Å². The van der Waals surface area contributed by atoms with Crippen molar-refractivity contribution in [3.05, 3.63) is 56.6 Å². The van der Waals surface area contributed by atoms with Gasteiger partial charge in [-0.05, 0) is 34.1 Å². The second-order valence-electron chi connectivity index (χ2n) is 4.40. The molecule has 0 N–H and O–H groups in total. The summed E-state index contributed by atoms with van der Waals surface area (Å²) in [6.45, 7) is 0. The summed E-state index contributed by atoms with van der Waals surface area (Å²) in [7, 11) is 0. The van der Waals surface area contributed by atoms with E-state index in [0.717, 1.165) is 10.0 Å². The first-order valence-corrected chi connectivity index (χ1v) is 8.67. The molecule has 1 aliphatic heterocycles. The molecule has 0 spiro atoms. The van der Waals surface area contributed by atoms with E-state index in [1.165, 1.54) is 11.8 Å². The van der Waals surface area contributed by atoms with E-state index in [-0.39, 0.29) is 11.3 Å². The van der Waals surface area contributed by atoms with Gasteiger partial charge in [0.2, 0.25) is 5.91 Å². The monoisotopic (exact) mass is 402 g/mol. The first-order valence-electron chi connectivity index (χ1n) is 6.07. The number of carbonyl (C=O) groups excluding carboxylic acids is 1. The molecule has 0 radical (unpaired) electrons. The molecule has 3 nitrogen and oxygen atoms in total. The highest BCUT2D eigenvalue weighted by molar-refractivity contribution is 9.10. The smallest absolute Gasteiger partial charge is 0.239 e. The average Bonchev–Trinajstić information content (AvgIpc) is 2.85. The van der Waals surface area contributed by atoms with Gasteiger partial charge in [-0.2, -0.15) is 0 Å². The number of anilines is 1. The number of amides is 1. The highest BCUT2D eigenvalue weighted by Crippen LogP contribution is 2.44. The Kier molecular flexibility index (Phi) is 4.45. The zero-order valence-corrected chi connectivity index (χ0v) is 14.5. The first-order chi connectivity index (χ1) is 10.1. The Labute approximate surface area is 144 Å². The van der Waals surface area contributed by atoms with Gasteiger partial charge in [0.05, 0.1) is 15.8 Å². The normalized spacial score (nSPS) is 18.3. The molecule has 1 aliphatic rings. The maximum absolute atomic E-state index is 12.2. The maximum atomic E-state index is 12.2. The Morgan fingerprint density at radius 1 is 1.29 bits per heavy atom. The zero-order chi connectivity index (χ0) is 15.0. The summed E-state index contributed by atoms with van der Waals surface area (Å²) < 4.78 is 0.864. The van der Waals surface area contributed by atoms with Crippen LogP contribution in [-0.2, 0) is 4.79 Å². The summed E-state index contributed by atoms with van der Waals surface area (Å²) in [6, 6.07) is 9.11. The number of aromatic nitrogens is 1. The van der Waals surface area contributed by atoms with Crippen LogP contribution in [0.3, 0.4) is 0 Å². The van der Waals surface area contributed by atoms with Crippen LogP contribution in [0.15, 0.2) is 41.0 Å². The van der Waals surface area contributed by atoms with Crippen LogP contribution in [0.4, 0.5) is 5.82 Å². The number of nitrogens with zero attached hydrogens (tertiary/aromatic N) is 2. The van der Waals surface area contributed by atoms with E-state index in [1.807, 2.05) is 18.2 Å². The Morgan fingerprint density at radius 2 is 2.10 bits per heavy atom. The predicted molar refractivity (Wildman–Crippen MR) is 91.1 cm³/mol. The second-order valence-corrected chi connectivity index (χ2v) is 7.17. The molecule has 3 rings (SSSR count). The van der Waals surface area contributed by atoms with Crippen LogP contribution in [0.1, 0.15) is 10.9 Å². The van der Waals surface area contributed by atoms with E-state index in [4.69, 9.17) is 23.2 Å². The number of hydrogen-bond donors (Lipinski definition) is 0. The molecular formula is C14H9BrCl2N2OS. The minimum absolute atomic E-state index is 0.0101. The molecule has 2 aromatic rings. The van der Waals surface area contributed by atoms with Gasteiger partial charge < -0.3 is 0 Å². The lowest BCUT2D eigenvalue weighted by Crippen LogP contribution is -2.28. The number of hydrogen-bond acceptors (Lipinski definition) is 3. The molecule has 108 valence electrons. The third-order valence-electron chi connectivity index (χ3n) is 3.07. The molecule has 0 aliphatic carbocycles. The molecule has 1 aromatic carbocycles. The number of carbonyl (C=O) groups is 1. The molecule has 7 heteroatoms. The highest BCUT2D eigenvalue weighted by Gasteiger charge is 2.36. The van der Waals surface area contributed by atoms with Crippen molar-refractivity contribution >= 4 is 62.6 Å². The van der Waals surface area contributed by atoms with Crippen molar-refractivity contribution in [2.75, 3.05) is 10.7 Å².